The normalized spacial score (nSPS) is 12.0. The van der Waals surface area contributed by atoms with Gasteiger partial charge < -0.3 is 5.73 Å². The molecule has 0 spiro atoms. The molecule has 0 fully saturated rings. The molecule has 0 atom stereocenters. The van der Waals surface area contributed by atoms with E-state index < -0.39 is 0 Å². The minimum atomic E-state index is 0.542. The van der Waals surface area contributed by atoms with Gasteiger partial charge in [0.1, 0.15) is 6.07 Å². The molecule has 0 saturated heterocycles. The number of nitrogens with two attached hydrogens (primary N) is 1. The summed E-state index contributed by atoms with van der Waals surface area (Å²) in [6, 6.07) is 9.82. The summed E-state index contributed by atoms with van der Waals surface area (Å²) in [4.78, 5) is 1.82. The number of nitrogens with zero attached hydrogens (tertiary/aromatic N) is 1. The topological polar surface area (TPSA) is 49.8 Å². The lowest BCUT2D eigenvalue weighted by Gasteiger charge is -2.00. The van der Waals surface area contributed by atoms with E-state index in [2.05, 4.69) is 22.0 Å². The zero-order valence-electron chi connectivity index (χ0n) is 8.11. The molecular formula is C11H7BrN2S2. The standard InChI is InChI=1S/C11H7BrN2S2/c12-10-4-3-9(16-10)11(14)7(6-13)8-2-1-5-15-8/h1-5H,14H2/b11-7-. The number of hydrogen-bond acceptors (Lipinski definition) is 4. The predicted molar refractivity (Wildman–Crippen MR) is 73.0 cm³/mol. The molecule has 0 saturated carbocycles. The smallest absolute Gasteiger partial charge is 0.103 e. The van der Waals surface area contributed by atoms with Gasteiger partial charge in [-0.15, -0.1) is 22.7 Å². The molecule has 0 aliphatic rings. The maximum atomic E-state index is 9.15. The van der Waals surface area contributed by atoms with Gasteiger partial charge in [0.25, 0.3) is 0 Å². The molecule has 2 aromatic rings. The summed E-state index contributed by atoms with van der Waals surface area (Å²) in [7, 11) is 0. The van der Waals surface area contributed by atoms with E-state index in [0.717, 1.165) is 13.5 Å². The Morgan fingerprint density at radius 3 is 2.62 bits per heavy atom. The Morgan fingerprint density at radius 2 is 2.12 bits per heavy atom. The molecule has 2 aromatic heterocycles. The summed E-state index contributed by atoms with van der Waals surface area (Å²) in [5, 5.41) is 11.1. The number of allylic oxidation sites excluding steroid dienone is 1. The Hall–Kier alpha value is -1.09. The van der Waals surface area contributed by atoms with Crippen LogP contribution in [0.5, 0.6) is 0 Å². The summed E-state index contributed by atoms with van der Waals surface area (Å²) < 4.78 is 1.01. The molecule has 0 unspecified atom stereocenters. The van der Waals surface area contributed by atoms with Crippen LogP contribution in [-0.2, 0) is 0 Å². The first-order valence-corrected chi connectivity index (χ1v) is 6.90. The van der Waals surface area contributed by atoms with Crippen LogP contribution in [0.1, 0.15) is 9.75 Å². The molecule has 0 aliphatic carbocycles. The van der Waals surface area contributed by atoms with Crippen molar-refractivity contribution in [3.8, 4) is 6.07 Å². The van der Waals surface area contributed by atoms with E-state index in [9.17, 15) is 0 Å². The summed E-state index contributed by atoms with van der Waals surface area (Å²) in [5.41, 5.74) is 7.10. The van der Waals surface area contributed by atoms with Crippen molar-refractivity contribution in [1.29, 1.82) is 5.26 Å². The van der Waals surface area contributed by atoms with Crippen LogP contribution in [-0.4, -0.2) is 0 Å². The van der Waals surface area contributed by atoms with Crippen molar-refractivity contribution in [2.24, 2.45) is 5.73 Å². The van der Waals surface area contributed by atoms with Crippen LogP contribution < -0.4 is 5.73 Å². The fourth-order valence-electron chi connectivity index (χ4n) is 1.25. The highest BCUT2D eigenvalue weighted by atomic mass is 79.9. The first kappa shape index (κ1) is 11.4. The minimum absolute atomic E-state index is 0.542. The molecule has 0 bridgehead atoms. The average Bonchev–Trinajstić information content (AvgIpc) is 2.90. The van der Waals surface area contributed by atoms with E-state index in [1.807, 2.05) is 29.6 Å². The molecule has 16 heavy (non-hydrogen) atoms. The fraction of sp³-hybridized carbons (Fsp3) is 0. The summed E-state index contributed by atoms with van der Waals surface area (Å²) in [6.07, 6.45) is 0. The van der Waals surface area contributed by atoms with Gasteiger partial charge >= 0.3 is 0 Å². The lowest BCUT2D eigenvalue weighted by Crippen LogP contribution is -1.97. The third kappa shape index (κ3) is 2.19. The van der Waals surface area contributed by atoms with Crippen molar-refractivity contribution in [2.45, 2.75) is 0 Å². The molecule has 0 aliphatic heterocycles. The summed E-state index contributed by atoms with van der Waals surface area (Å²) in [6.45, 7) is 0. The van der Waals surface area contributed by atoms with Crippen molar-refractivity contribution < 1.29 is 0 Å². The molecule has 2 nitrogen and oxygen atoms in total. The molecule has 2 rings (SSSR count). The molecule has 2 N–H and O–H groups in total. The van der Waals surface area contributed by atoms with Gasteiger partial charge in [-0.25, -0.2) is 0 Å². The Balaban J connectivity index is 2.51. The number of rotatable bonds is 2. The van der Waals surface area contributed by atoms with E-state index in [4.69, 9.17) is 11.0 Å². The zero-order chi connectivity index (χ0) is 11.5. The van der Waals surface area contributed by atoms with E-state index in [-0.39, 0.29) is 0 Å². The largest absolute Gasteiger partial charge is 0.396 e. The molecule has 0 amide bonds. The second-order valence-corrected chi connectivity index (χ2v) is 6.39. The third-order valence-electron chi connectivity index (χ3n) is 1.99. The number of halogens is 1. The van der Waals surface area contributed by atoms with Crippen LogP contribution in [0.25, 0.3) is 11.3 Å². The minimum Gasteiger partial charge on any atom is -0.396 e. The Morgan fingerprint density at radius 1 is 1.31 bits per heavy atom. The first-order chi connectivity index (χ1) is 7.72. The van der Waals surface area contributed by atoms with Crippen LogP contribution >= 0.6 is 38.6 Å². The van der Waals surface area contributed by atoms with Crippen LogP contribution in [0.15, 0.2) is 33.4 Å². The summed E-state index contributed by atoms with van der Waals surface area (Å²) >= 11 is 6.42. The lowest BCUT2D eigenvalue weighted by molar-refractivity contribution is 1.52. The predicted octanol–water partition coefficient (Wildman–Crippen LogP) is 3.92. The quantitative estimate of drug-likeness (QED) is 0.855. The van der Waals surface area contributed by atoms with Gasteiger partial charge in [-0.05, 0) is 39.5 Å². The maximum absolute atomic E-state index is 9.15. The molecule has 0 aromatic carbocycles. The average molecular weight is 311 g/mol. The van der Waals surface area contributed by atoms with Crippen molar-refractivity contribution in [3.05, 3.63) is 43.2 Å². The monoisotopic (exact) mass is 310 g/mol. The number of hydrogen-bond donors (Lipinski definition) is 1. The van der Waals surface area contributed by atoms with Crippen LogP contribution in [0.2, 0.25) is 0 Å². The number of nitriles is 1. The third-order valence-corrected chi connectivity index (χ3v) is 4.53. The van der Waals surface area contributed by atoms with Crippen LogP contribution in [0.4, 0.5) is 0 Å². The molecule has 2 heterocycles. The molecule has 0 radical (unpaired) electrons. The number of thiophene rings is 2. The van der Waals surface area contributed by atoms with Gasteiger partial charge in [0.05, 0.1) is 19.9 Å². The van der Waals surface area contributed by atoms with Crippen LogP contribution in [0, 0.1) is 11.3 Å². The Kier molecular flexibility index (Phi) is 3.44. The Labute approximate surface area is 110 Å². The van der Waals surface area contributed by atoms with Gasteiger partial charge in [-0.3, -0.25) is 0 Å². The maximum Gasteiger partial charge on any atom is 0.103 e. The van der Waals surface area contributed by atoms with Gasteiger partial charge in [-0.2, -0.15) is 5.26 Å². The molecule has 80 valence electrons. The highest BCUT2D eigenvalue weighted by Crippen LogP contribution is 2.31. The molecular weight excluding hydrogens is 304 g/mol. The van der Waals surface area contributed by atoms with Crippen molar-refractivity contribution >= 4 is 49.9 Å². The van der Waals surface area contributed by atoms with Gasteiger partial charge in [-0.1, -0.05) is 6.07 Å². The van der Waals surface area contributed by atoms with Gasteiger partial charge in [0, 0.05) is 4.88 Å². The second kappa shape index (κ2) is 4.83. The Bertz CT molecular complexity index is 561. The van der Waals surface area contributed by atoms with Gasteiger partial charge in [0.2, 0.25) is 0 Å². The van der Waals surface area contributed by atoms with E-state index in [0.29, 0.717) is 11.3 Å². The fourth-order valence-corrected chi connectivity index (χ4v) is 3.34. The van der Waals surface area contributed by atoms with E-state index >= 15 is 0 Å². The zero-order valence-corrected chi connectivity index (χ0v) is 11.3. The highest BCUT2D eigenvalue weighted by Gasteiger charge is 2.10. The van der Waals surface area contributed by atoms with Crippen LogP contribution in [0.3, 0.4) is 0 Å². The van der Waals surface area contributed by atoms with Crippen molar-refractivity contribution in [3.63, 3.8) is 0 Å². The lowest BCUT2D eigenvalue weighted by atomic mass is 10.1. The van der Waals surface area contributed by atoms with E-state index in [1.54, 1.807) is 0 Å². The van der Waals surface area contributed by atoms with Crippen molar-refractivity contribution in [1.82, 2.24) is 0 Å². The summed E-state index contributed by atoms with van der Waals surface area (Å²) in [5.74, 6) is 0. The van der Waals surface area contributed by atoms with E-state index in [1.165, 1.54) is 22.7 Å². The van der Waals surface area contributed by atoms with Crippen molar-refractivity contribution in [2.75, 3.05) is 0 Å². The second-order valence-electron chi connectivity index (χ2n) is 2.98. The highest BCUT2D eigenvalue weighted by molar-refractivity contribution is 9.11. The first-order valence-electron chi connectivity index (χ1n) is 4.42. The molecule has 5 heteroatoms. The van der Waals surface area contributed by atoms with Gasteiger partial charge in [0.15, 0.2) is 0 Å². The SMILES string of the molecule is N#C/C(=C(/N)c1ccc(Br)s1)c1cccs1.